The van der Waals surface area contributed by atoms with Crippen LogP contribution in [-0.2, 0) is 57.4 Å². The molecule has 22 heteroatoms. The summed E-state index contributed by atoms with van der Waals surface area (Å²) < 4.78 is 40.1. The van der Waals surface area contributed by atoms with E-state index in [0.29, 0.717) is 44.6 Å². The van der Waals surface area contributed by atoms with Gasteiger partial charge in [0, 0.05) is 81.7 Å². The van der Waals surface area contributed by atoms with Gasteiger partial charge in [0.1, 0.15) is 30.5 Å². The number of hydrogen-bond acceptors (Lipinski definition) is 20. The van der Waals surface area contributed by atoms with Gasteiger partial charge in [-0.1, -0.05) is 50.2 Å². The van der Waals surface area contributed by atoms with Crippen LogP contribution >= 0.6 is 0 Å². The van der Waals surface area contributed by atoms with Crippen LogP contribution < -0.4 is 0 Å². The number of nitro groups is 1. The van der Waals surface area contributed by atoms with Crippen molar-refractivity contribution >= 4 is 17.4 Å². The summed E-state index contributed by atoms with van der Waals surface area (Å²) in [5, 5.41) is 84.9. The molecule has 420 valence electrons. The molecule has 22 nitrogen and oxygen atoms in total. The molecule has 0 saturated carbocycles. The van der Waals surface area contributed by atoms with Crippen LogP contribution in [-0.4, -0.2) is 199 Å². The van der Waals surface area contributed by atoms with Crippen LogP contribution in [0.15, 0.2) is 35.6 Å². The molecule has 3 saturated heterocycles. The van der Waals surface area contributed by atoms with Gasteiger partial charge >= 0.3 is 5.97 Å². The second-order valence-electron chi connectivity index (χ2n) is 22.1. The highest BCUT2D eigenvalue weighted by Gasteiger charge is 2.53. The summed E-state index contributed by atoms with van der Waals surface area (Å²) in [6.45, 7) is 18.8. The first kappa shape index (κ1) is 61.1. The van der Waals surface area contributed by atoms with E-state index in [4.69, 9.17) is 33.3 Å². The molecule has 0 aliphatic carbocycles. The average Bonchev–Trinajstić information content (AvgIpc) is 3.81. The number of non-ortho nitro benzene ring substituents is 1. The summed E-state index contributed by atoms with van der Waals surface area (Å²) in [5.74, 6) is -4.24. The van der Waals surface area contributed by atoms with Crippen molar-refractivity contribution in [2.24, 2.45) is 28.8 Å². The van der Waals surface area contributed by atoms with Gasteiger partial charge < -0.3 is 68.6 Å². The number of aliphatic hydroxyl groups excluding tert-OH is 3. The Balaban J connectivity index is 1.48. The molecule has 5 N–H and O–H groups in total. The molecule has 2 aromatic rings. The van der Waals surface area contributed by atoms with E-state index >= 15 is 0 Å². The molecule has 0 radical (unpaired) electrons. The van der Waals surface area contributed by atoms with E-state index in [2.05, 4.69) is 15.5 Å². The number of cyclic esters (lactones) is 1. The molecule has 74 heavy (non-hydrogen) atoms. The highest BCUT2D eigenvalue weighted by atomic mass is 16.7. The Morgan fingerprint density at radius 2 is 1.61 bits per heavy atom. The highest BCUT2D eigenvalue weighted by Crippen LogP contribution is 2.41. The van der Waals surface area contributed by atoms with Crippen LogP contribution in [0, 0.1) is 33.8 Å². The number of rotatable bonds is 18. The number of nitrogens with zero attached hydrogens (tertiary/aromatic N) is 7. The number of aromatic nitrogens is 3. The van der Waals surface area contributed by atoms with Crippen molar-refractivity contribution in [2.75, 3.05) is 47.9 Å². The third-order valence-corrected chi connectivity index (χ3v) is 15.6. The minimum Gasteiger partial charge on any atom is -0.459 e. The van der Waals surface area contributed by atoms with Crippen LogP contribution in [0.5, 0.6) is 0 Å². The first-order chi connectivity index (χ1) is 34.6. The molecule has 1 aromatic heterocycles. The molecule has 4 heterocycles. The smallest absolute Gasteiger partial charge is 0.311 e. The van der Waals surface area contributed by atoms with Crippen molar-refractivity contribution in [3.8, 4) is 0 Å². The number of ether oxygens (including phenoxy) is 6. The lowest BCUT2D eigenvalue weighted by atomic mass is 9.73. The van der Waals surface area contributed by atoms with Crippen LogP contribution in [0.25, 0.3) is 0 Å². The van der Waals surface area contributed by atoms with Gasteiger partial charge in [-0.05, 0) is 93.9 Å². The molecule has 5 rings (SSSR count). The summed E-state index contributed by atoms with van der Waals surface area (Å²) in [5.41, 5.74) is -2.85. The Kier molecular flexibility index (Phi) is 21.5. The van der Waals surface area contributed by atoms with Crippen molar-refractivity contribution in [2.45, 2.75) is 199 Å². The van der Waals surface area contributed by atoms with Crippen molar-refractivity contribution in [1.82, 2.24) is 24.8 Å². The Bertz CT molecular complexity index is 2130. The number of hydrogen-bond donors (Lipinski definition) is 5. The second kappa shape index (κ2) is 26.0. The molecule has 18 atom stereocenters. The van der Waals surface area contributed by atoms with Gasteiger partial charge in [0.25, 0.3) is 5.69 Å². The molecule has 3 aliphatic rings. The van der Waals surface area contributed by atoms with Gasteiger partial charge in [-0.2, -0.15) is 0 Å². The quantitative estimate of drug-likeness (QED) is 0.0618. The minimum absolute atomic E-state index is 0.0298. The van der Waals surface area contributed by atoms with Crippen molar-refractivity contribution in [3.63, 3.8) is 0 Å². The van der Waals surface area contributed by atoms with E-state index in [9.17, 15) is 40.4 Å². The molecular weight excluding hydrogens is 963 g/mol. The summed E-state index contributed by atoms with van der Waals surface area (Å²) in [7, 11) is 7.18. The number of likely N-dealkylation sites (N-methyl/N-ethyl adjacent to an activating group) is 2. The lowest BCUT2D eigenvalue weighted by molar-refractivity contribution is -0.384. The maximum Gasteiger partial charge on any atom is 0.311 e. The number of nitro benzene ring substituents is 1. The van der Waals surface area contributed by atoms with Crippen molar-refractivity contribution in [1.29, 1.82) is 0 Å². The lowest BCUT2D eigenvalue weighted by Crippen LogP contribution is -2.61. The van der Waals surface area contributed by atoms with Crippen LogP contribution in [0.1, 0.15) is 106 Å². The predicted octanol–water partition coefficient (Wildman–Crippen LogP) is 3.51. The SMILES string of the molecule is CC[C@H]1OC(=O)[C@H](C)[C@@H](OC2C[C@@](C)(OC)[C@@H](O)[C@H](C)O2)[C@H](C)[C@@H](OC2O[C@H](C)C[C@H](N(C)CCc3cn(CCc4ccc([N+](=O)[O-])cc4)nn3)[C@H]2O)[C@](C)(O)C[C@@H](C)C(=NOCCN(C)C)[C@H](C)[C@@H](O)[C@]1(C)O. The van der Waals surface area contributed by atoms with Crippen LogP contribution in [0.2, 0.25) is 0 Å². The van der Waals surface area contributed by atoms with Crippen LogP contribution in [0.3, 0.4) is 0 Å². The zero-order valence-electron chi connectivity index (χ0n) is 46.1. The molecule has 3 aliphatic heterocycles. The topological polar surface area (TPSA) is 276 Å². The second-order valence-corrected chi connectivity index (χ2v) is 22.1. The summed E-state index contributed by atoms with van der Waals surface area (Å²) in [6, 6.07) is 5.93. The first-order valence-electron chi connectivity index (χ1n) is 26.2. The third-order valence-electron chi connectivity index (χ3n) is 15.6. The summed E-state index contributed by atoms with van der Waals surface area (Å²) in [4.78, 5) is 35.0. The van der Waals surface area contributed by atoms with E-state index in [1.807, 2.05) is 51.0 Å². The van der Waals surface area contributed by atoms with Gasteiger partial charge in [0.05, 0.1) is 64.0 Å². The van der Waals surface area contributed by atoms with Crippen molar-refractivity contribution in [3.05, 3.63) is 51.8 Å². The number of aliphatic hydroxyl groups is 5. The number of esters is 1. The highest BCUT2D eigenvalue weighted by molar-refractivity contribution is 5.88. The van der Waals surface area contributed by atoms with E-state index in [1.165, 1.54) is 26.2 Å². The maximum atomic E-state index is 14.6. The molecule has 0 spiro atoms. The standard InChI is InChI=1S/C52H87N7O15/c1-15-40-52(10,65)45(61)32(4)42(54-69-25-24-56(11)12)30(2)27-50(8,64)47(33(5)44(34(6)48(63)72-40)73-41-28-51(9,68-14)46(62)35(7)71-41)74-49-43(60)39(26-31(3)70-49)57(13)22-21-37-29-58(55-53-37)23-20-36-16-18-38(19-17-36)59(66)67/h16-19,29-35,39-41,43-47,49,60-62,64-65H,15,20-28H2,1-14H3/t30-,31-,32+,33+,34-,35+,39+,40-,41?,43-,44+,45-,46+,47-,49?,50-,51-,52-/m1/s1. The van der Waals surface area contributed by atoms with E-state index in [0.717, 1.165) is 11.3 Å². The van der Waals surface area contributed by atoms with E-state index < -0.39 is 119 Å². The van der Waals surface area contributed by atoms with E-state index in [1.54, 1.807) is 65.3 Å². The monoisotopic (exact) mass is 1050 g/mol. The van der Waals surface area contributed by atoms with Gasteiger partial charge in [0.15, 0.2) is 12.6 Å². The minimum atomic E-state index is -1.97. The number of oxime groups is 1. The van der Waals surface area contributed by atoms with Gasteiger partial charge in [-0.25, -0.2) is 0 Å². The third kappa shape index (κ3) is 15.0. The Morgan fingerprint density at radius 3 is 2.23 bits per heavy atom. The number of carbonyl (C=O) groups is 1. The zero-order valence-corrected chi connectivity index (χ0v) is 46.1. The fraction of sp³-hybridized carbons (Fsp3) is 0.808. The number of benzene rings is 1. The number of carbonyl (C=O) groups excluding carboxylic acids is 1. The van der Waals surface area contributed by atoms with Gasteiger partial charge in [-0.15, -0.1) is 5.10 Å². The normalized spacial score (nSPS) is 38.5. The number of methoxy groups -OCH3 is 1. The molecular formula is C52H87N7O15. The molecule has 2 unspecified atom stereocenters. The Hall–Kier alpha value is -3.78. The fourth-order valence-electron chi connectivity index (χ4n) is 10.9. The number of aryl methyl sites for hydroxylation is 2. The lowest BCUT2D eigenvalue weighted by Gasteiger charge is -2.49. The van der Waals surface area contributed by atoms with Crippen LogP contribution in [0.4, 0.5) is 5.69 Å². The van der Waals surface area contributed by atoms with Crippen molar-refractivity contribution < 1.29 is 68.5 Å². The maximum absolute atomic E-state index is 14.6. The van der Waals surface area contributed by atoms with Gasteiger partial charge in [-0.3, -0.25) is 19.6 Å². The summed E-state index contributed by atoms with van der Waals surface area (Å²) >= 11 is 0. The molecule has 3 fully saturated rings. The zero-order chi connectivity index (χ0) is 55.0. The first-order valence-corrected chi connectivity index (χ1v) is 26.2. The van der Waals surface area contributed by atoms with Gasteiger partial charge in [0.2, 0.25) is 0 Å². The molecule has 0 bridgehead atoms. The largest absolute Gasteiger partial charge is 0.459 e. The molecule has 1 aromatic carbocycles. The Labute approximate surface area is 436 Å². The fourth-order valence-corrected chi connectivity index (χ4v) is 10.9. The Morgan fingerprint density at radius 1 is 0.932 bits per heavy atom. The average molecular weight is 1050 g/mol. The summed E-state index contributed by atoms with van der Waals surface area (Å²) in [6.07, 6.45) is -7.22. The van der Waals surface area contributed by atoms with E-state index in [-0.39, 0.29) is 31.6 Å². The predicted molar refractivity (Wildman–Crippen MR) is 273 cm³/mol. The molecule has 0 amide bonds.